The van der Waals surface area contributed by atoms with Crippen molar-refractivity contribution in [2.75, 3.05) is 13.6 Å². The number of rotatable bonds is 4. The first-order chi connectivity index (χ1) is 5.57. The van der Waals surface area contributed by atoms with E-state index in [-0.39, 0.29) is 0 Å². The van der Waals surface area contributed by atoms with Crippen molar-refractivity contribution in [2.24, 2.45) is 0 Å². The lowest BCUT2D eigenvalue weighted by molar-refractivity contribution is 0.270. The van der Waals surface area contributed by atoms with E-state index in [0.29, 0.717) is 11.9 Å². The quantitative estimate of drug-likeness (QED) is 0.585. The minimum absolute atomic E-state index is 0.340. The first-order valence-corrected chi connectivity index (χ1v) is 5.03. The lowest BCUT2D eigenvalue weighted by atomic mass is 9.84. The van der Waals surface area contributed by atoms with Crippen LogP contribution in [0.15, 0.2) is 0 Å². The molecule has 0 saturated carbocycles. The van der Waals surface area contributed by atoms with E-state index in [0.717, 1.165) is 13.0 Å². The van der Waals surface area contributed by atoms with E-state index in [1.54, 1.807) is 0 Å². The smallest absolute Gasteiger partial charge is 0.0716 e. The number of nitrogens with zero attached hydrogens (tertiary/aromatic N) is 1. The molecule has 1 unspecified atom stereocenters. The van der Waals surface area contributed by atoms with Crippen LogP contribution in [-0.2, 0) is 0 Å². The average Bonchev–Trinajstić information content (AvgIpc) is 2.07. The van der Waals surface area contributed by atoms with Gasteiger partial charge in [-0.3, -0.25) is 0 Å². The molecule has 1 nitrogen and oxygen atoms in total. The maximum Gasteiger partial charge on any atom is 0.0716 e. The zero-order valence-corrected chi connectivity index (χ0v) is 9.59. The predicted molar refractivity (Wildman–Crippen MR) is 58.9 cm³/mol. The van der Waals surface area contributed by atoms with Crippen molar-refractivity contribution in [2.45, 2.75) is 52.9 Å². The molecule has 0 heterocycles. The van der Waals surface area contributed by atoms with Crippen molar-refractivity contribution in [3.8, 4) is 0 Å². The molecule has 0 rings (SSSR count). The van der Waals surface area contributed by atoms with Crippen LogP contribution in [0.5, 0.6) is 0 Å². The molecule has 0 aliphatic heterocycles. The van der Waals surface area contributed by atoms with Gasteiger partial charge in [0.05, 0.1) is 7.85 Å². The molecule has 0 bridgehead atoms. The van der Waals surface area contributed by atoms with Crippen molar-refractivity contribution >= 4 is 7.85 Å². The Balaban J connectivity index is 0. The van der Waals surface area contributed by atoms with Crippen molar-refractivity contribution in [3.05, 3.63) is 0 Å². The Hall–Kier alpha value is 0.0249. The third-order valence-electron chi connectivity index (χ3n) is 1.93. The molecule has 0 aromatic carbocycles. The monoisotopic (exact) mass is 169 g/mol. The molecule has 2 radical (unpaired) electrons. The van der Waals surface area contributed by atoms with Crippen LogP contribution in [0.3, 0.4) is 0 Å². The van der Waals surface area contributed by atoms with Crippen LogP contribution in [0.2, 0.25) is 5.82 Å². The van der Waals surface area contributed by atoms with E-state index >= 15 is 0 Å². The minimum atomic E-state index is 0.340. The summed E-state index contributed by atoms with van der Waals surface area (Å²) in [6.07, 6.45) is 1.07. The molecule has 0 aromatic rings. The largest absolute Gasteiger partial charge is 0.304 e. The van der Waals surface area contributed by atoms with Gasteiger partial charge >= 0.3 is 0 Å². The fraction of sp³-hybridized carbons (Fsp3) is 1.00. The van der Waals surface area contributed by atoms with E-state index in [9.17, 15) is 0 Å². The van der Waals surface area contributed by atoms with Gasteiger partial charge in [-0.05, 0) is 27.4 Å². The van der Waals surface area contributed by atoms with Crippen LogP contribution in [0.1, 0.15) is 41.0 Å². The third-order valence-corrected chi connectivity index (χ3v) is 1.93. The van der Waals surface area contributed by atoms with Gasteiger partial charge in [0.25, 0.3) is 0 Å². The SMILES string of the molecule is CC.[B]C(CC)CN(C)C(C)C. The highest BCUT2D eigenvalue weighted by Crippen LogP contribution is 2.07. The minimum Gasteiger partial charge on any atom is -0.304 e. The molecule has 0 aromatic heterocycles. The first-order valence-electron chi connectivity index (χ1n) is 5.03. The second-order valence-corrected chi connectivity index (χ2v) is 3.20. The summed E-state index contributed by atoms with van der Waals surface area (Å²) in [6, 6.07) is 0.609. The molecule has 0 aliphatic rings. The summed E-state index contributed by atoms with van der Waals surface area (Å²) >= 11 is 0. The Kier molecular flexibility index (Phi) is 11.0. The molecule has 2 heteroatoms. The van der Waals surface area contributed by atoms with Crippen molar-refractivity contribution in [1.82, 2.24) is 4.90 Å². The topological polar surface area (TPSA) is 3.24 Å². The van der Waals surface area contributed by atoms with Gasteiger partial charge < -0.3 is 4.90 Å². The van der Waals surface area contributed by atoms with Crippen LogP contribution < -0.4 is 0 Å². The Morgan fingerprint density at radius 1 is 1.25 bits per heavy atom. The lowest BCUT2D eigenvalue weighted by Gasteiger charge is -2.24. The van der Waals surface area contributed by atoms with Crippen molar-refractivity contribution in [3.63, 3.8) is 0 Å². The van der Waals surface area contributed by atoms with Crippen molar-refractivity contribution in [1.29, 1.82) is 0 Å². The Morgan fingerprint density at radius 3 is 1.92 bits per heavy atom. The third kappa shape index (κ3) is 8.12. The van der Waals surface area contributed by atoms with E-state index in [1.807, 2.05) is 13.8 Å². The summed E-state index contributed by atoms with van der Waals surface area (Å²) in [4.78, 5) is 2.27. The highest BCUT2D eigenvalue weighted by molar-refractivity contribution is 6.11. The standard InChI is InChI=1S/C8H18BN.C2H6/c1-5-8(9)6-10(4)7(2)3;1-2/h7-8H,5-6H2,1-4H3;1-2H3. The van der Waals surface area contributed by atoms with Gasteiger partial charge in [0.2, 0.25) is 0 Å². The van der Waals surface area contributed by atoms with E-state index in [4.69, 9.17) is 7.85 Å². The molecule has 12 heavy (non-hydrogen) atoms. The molecule has 0 saturated heterocycles. The summed E-state index contributed by atoms with van der Waals surface area (Å²) < 4.78 is 0. The zero-order chi connectivity index (χ0) is 10.1. The zero-order valence-electron chi connectivity index (χ0n) is 9.59. The molecule has 0 fully saturated rings. The van der Waals surface area contributed by atoms with Crippen LogP contribution in [0.25, 0.3) is 0 Å². The van der Waals surface area contributed by atoms with Gasteiger partial charge in [-0.2, -0.15) is 0 Å². The number of hydrogen-bond donors (Lipinski definition) is 0. The summed E-state index contributed by atoms with van der Waals surface area (Å²) in [5, 5.41) is 0. The van der Waals surface area contributed by atoms with Crippen LogP contribution >= 0.6 is 0 Å². The van der Waals surface area contributed by atoms with Gasteiger partial charge in [0.1, 0.15) is 0 Å². The Morgan fingerprint density at radius 2 is 1.67 bits per heavy atom. The number of hydrogen-bond acceptors (Lipinski definition) is 1. The summed E-state index contributed by atoms with van der Waals surface area (Å²) in [5.41, 5.74) is 0. The molecular weight excluding hydrogens is 145 g/mol. The fourth-order valence-corrected chi connectivity index (χ4v) is 0.710. The van der Waals surface area contributed by atoms with E-state index in [2.05, 4.69) is 32.7 Å². The molecular formula is C10H24BN. The predicted octanol–water partition coefficient (Wildman–Crippen LogP) is 2.72. The normalized spacial score (nSPS) is 12.7. The molecule has 1 atom stereocenters. The van der Waals surface area contributed by atoms with E-state index < -0.39 is 0 Å². The Labute approximate surface area is 79.9 Å². The van der Waals surface area contributed by atoms with Crippen LogP contribution in [0, 0.1) is 0 Å². The maximum absolute atomic E-state index is 5.77. The summed E-state index contributed by atoms with van der Waals surface area (Å²) in [7, 11) is 7.88. The molecule has 0 amide bonds. The first kappa shape index (κ1) is 14.5. The molecule has 0 aliphatic carbocycles. The summed E-state index contributed by atoms with van der Waals surface area (Å²) in [5.74, 6) is 0.340. The second-order valence-electron chi connectivity index (χ2n) is 3.20. The summed E-state index contributed by atoms with van der Waals surface area (Å²) in [6.45, 7) is 11.5. The van der Waals surface area contributed by atoms with Gasteiger partial charge in [-0.1, -0.05) is 33.0 Å². The molecule has 0 N–H and O–H groups in total. The Bertz CT molecular complexity index is 83.9. The molecule has 0 spiro atoms. The fourth-order valence-electron chi connectivity index (χ4n) is 0.710. The van der Waals surface area contributed by atoms with Gasteiger partial charge in [0.15, 0.2) is 0 Å². The van der Waals surface area contributed by atoms with Gasteiger partial charge in [0, 0.05) is 6.04 Å². The lowest BCUT2D eigenvalue weighted by Crippen LogP contribution is -2.29. The average molecular weight is 169 g/mol. The highest BCUT2D eigenvalue weighted by Gasteiger charge is 2.05. The highest BCUT2D eigenvalue weighted by atomic mass is 15.1. The van der Waals surface area contributed by atoms with E-state index in [1.165, 1.54) is 0 Å². The van der Waals surface area contributed by atoms with Gasteiger partial charge in [-0.15, -0.1) is 0 Å². The van der Waals surface area contributed by atoms with Crippen LogP contribution in [0.4, 0.5) is 0 Å². The van der Waals surface area contributed by atoms with Crippen molar-refractivity contribution < 1.29 is 0 Å². The van der Waals surface area contributed by atoms with Gasteiger partial charge in [-0.25, -0.2) is 0 Å². The second kappa shape index (κ2) is 9.12. The molecule has 72 valence electrons. The van der Waals surface area contributed by atoms with Crippen LogP contribution in [-0.4, -0.2) is 32.4 Å². The maximum atomic E-state index is 5.77.